The van der Waals surface area contributed by atoms with E-state index in [1.807, 2.05) is 0 Å². The largest absolute Gasteiger partial charge is 0.480 e. The Morgan fingerprint density at radius 1 is 1.27 bits per heavy atom. The van der Waals surface area contributed by atoms with Gasteiger partial charge < -0.3 is 15.7 Å². The molecule has 0 saturated carbocycles. The molecule has 1 spiro atoms. The molecule has 0 unspecified atom stereocenters. The Kier molecular flexibility index (Phi) is 5.43. The summed E-state index contributed by atoms with van der Waals surface area (Å²) in [7, 11) is 0. The first kappa shape index (κ1) is 19.0. The number of halogens is 3. The molecule has 2 fully saturated rings. The summed E-state index contributed by atoms with van der Waals surface area (Å²) >= 11 is 0. The average Bonchev–Trinajstić information content (AvgIpc) is 2.95. The van der Waals surface area contributed by atoms with Crippen molar-refractivity contribution in [2.45, 2.75) is 43.9 Å². The van der Waals surface area contributed by atoms with Crippen LogP contribution in [0.1, 0.15) is 36.8 Å². The van der Waals surface area contributed by atoms with Crippen molar-refractivity contribution in [1.29, 1.82) is 0 Å². The molecule has 0 amide bonds. The number of benzene rings is 1. The van der Waals surface area contributed by atoms with Crippen LogP contribution in [0.5, 0.6) is 0 Å². The van der Waals surface area contributed by atoms with Crippen molar-refractivity contribution in [3.8, 4) is 0 Å². The highest BCUT2D eigenvalue weighted by Gasteiger charge is 2.41. The number of rotatable bonds is 5. The van der Waals surface area contributed by atoms with E-state index in [4.69, 9.17) is 5.11 Å². The van der Waals surface area contributed by atoms with Crippen LogP contribution >= 0.6 is 0 Å². The predicted molar refractivity (Wildman–Crippen MR) is 92.0 cm³/mol. The van der Waals surface area contributed by atoms with Crippen LogP contribution in [0.15, 0.2) is 18.2 Å². The Labute approximate surface area is 150 Å². The van der Waals surface area contributed by atoms with Crippen molar-refractivity contribution < 1.29 is 23.1 Å². The van der Waals surface area contributed by atoms with Crippen molar-refractivity contribution in [2.24, 2.45) is 0 Å². The second kappa shape index (κ2) is 7.44. The molecule has 5 nitrogen and oxygen atoms in total. The second-order valence-corrected chi connectivity index (χ2v) is 7.12. The van der Waals surface area contributed by atoms with Gasteiger partial charge in [-0.25, -0.2) is 0 Å². The minimum Gasteiger partial charge on any atom is -0.480 e. The zero-order chi connectivity index (χ0) is 18.8. The van der Waals surface area contributed by atoms with Crippen LogP contribution in [0.4, 0.5) is 18.9 Å². The Balaban J connectivity index is 1.84. The van der Waals surface area contributed by atoms with Crippen molar-refractivity contribution in [2.75, 3.05) is 31.5 Å². The standard InChI is InChI=1S/C18H24F3N3O2/c19-18(20,21)14-3-2-13(15(10-14)23-11-16(25)26)12-24-9-1-4-17(24)5-7-22-8-6-17/h2-3,10,22-23H,1,4-9,11-12H2,(H,25,26). The highest BCUT2D eigenvalue weighted by molar-refractivity contribution is 5.73. The lowest BCUT2D eigenvalue weighted by molar-refractivity contribution is -0.137. The molecule has 1 aromatic carbocycles. The molecule has 0 radical (unpaired) electrons. The zero-order valence-corrected chi connectivity index (χ0v) is 14.5. The van der Waals surface area contributed by atoms with Gasteiger partial charge in [0.25, 0.3) is 0 Å². The highest BCUT2D eigenvalue weighted by Crippen LogP contribution is 2.39. The average molecular weight is 371 g/mol. The summed E-state index contributed by atoms with van der Waals surface area (Å²) in [5, 5.41) is 14.9. The maximum absolute atomic E-state index is 13.0. The number of hydrogen-bond donors (Lipinski definition) is 3. The maximum atomic E-state index is 13.0. The molecule has 2 heterocycles. The summed E-state index contributed by atoms with van der Waals surface area (Å²) in [4.78, 5) is 13.2. The number of alkyl halides is 3. The quantitative estimate of drug-likeness (QED) is 0.743. The van der Waals surface area contributed by atoms with E-state index < -0.39 is 24.3 Å². The molecular formula is C18H24F3N3O2. The van der Waals surface area contributed by atoms with E-state index in [1.165, 1.54) is 6.07 Å². The number of carboxylic acid groups (broad SMARTS) is 1. The van der Waals surface area contributed by atoms with Gasteiger partial charge in [0.2, 0.25) is 0 Å². The van der Waals surface area contributed by atoms with Gasteiger partial charge in [-0.2, -0.15) is 13.2 Å². The van der Waals surface area contributed by atoms with E-state index in [9.17, 15) is 18.0 Å². The van der Waals surface area contributed by atoms with Gasteiger partial charge in [0.15, 0.2) is 0 Å². The van der Waals surface area contributed by atoms with Crippen LogP contribution < -0.4 is 10.6 Å². The molecule has 3 rings (SSSR count). The normalized spacial score (nSPS) is 20.4. The fraction of sp³-hybridized carbons (Fsp3) is 0.611. The fourth-order valence-electron chi connectivity index (χ4n) is 4.13. The van der Waals surface area contributed by atoms with Crippen molar-refractivity contribution in [1.82, 2.24) is 10.2 Å². The lowest BCUT2D eigenvalue weighted by atomic mass is 9.85. The molecule has 26 heavy (non-hydrogen) atoms. The minimum atomic E-state index is -4.46. The Bertz CT molecular complexity index is 658. The van der Waals surface area contributed by atoms with Crippen LogP contribution in [0.25, 0.3) is 0 Å². The second-order valence-electron chi connectivity index (χ2n) is 7.12. The van der Waals surface area contributed by atoms with Gasteiger partial charge in [-0.15, -0.1) is 0 Å². The summed E-state index contributed by atoms with van der Waals surface area (Å²) < 4.78 is 39.1. The Morgan fingerprint density at radius 3 is 2.65 bits per heavy atom. The molecule has 2 aliphatic rings. The van der Waals surface area contributed by atoms with Crippen molar-refractivity contribution >= 4 is 11.7 Å². The van der Waals surface area contributed by atoms with Gasteiger partial charge in [-0.05, 0) is 63.0 Å². The third kappa shape index (κ3) is 4.12. The first-order chi connectivity index (χ1) is 12.3. The number of carbonyl (C=O) groups is 1. The van der Waals surface area contributed by atoms with Gasteiger partial charge in [-0.1, -0.05) is 6.07 Å². The lowest BCUT2D eigenvalue weighted by Crippen LogP contribution is -2.50. The summed E-state index contributed by atoms with van der Waals surface area (Å²) in [6.07, 6.45) is -0.204. The summed E-state index contributed by atoms with van der Waals surface area (Å²) in [5.41, 5.74) is 0.294. The smallest absolute Gasteiger partial charge is 0.416 e. The Morgan fingerprint density at radius 2 is 2.00 bits per heavy atom. The number of nitrogens with zero attached hydrogens (tertiary/aromatic N) is 1. The van der Waals surface area contributed by atoms with Crippen molar-refractivity contribution in [3.63, 3.8) is 0 Å². The molecule has 2 aliphatic heterocycles. The van der Waals surface area contributed by atoms with Crippen LogP contribution in [0.2, 0.25) is 0 Å². The van der Waals surface area contributed by atoms with Gasteiger partial charge in [0.05, 0.1) is 5.56 Å². The van der Waals surface area contributed by atoms with Crippen LogP contribution in [0, 0.1) is 0 Å². The molecule has 3 N–H and O–H groups in total. The third-order valence-electron chi connectivity index (χ3n) is 5.50. The Hall–Kier alpha value is -1.80. The molecular weight excluding hydrogens is 347 g/mol. The number of aliphatic carboxylic acids is 1. The number of hydrogen-bond acceptors (Lipinski definition) is 4. The first-order valence-electron chi connectivity index (χ1n) is 8.92. The van der Waals surface area contributed by atoms with Gasteiger partial charge in [0, 0.05) is 17.8 Å². The maximum Gasteiger partial charge on any atom is 0.416 e. The number of nitrogens with one attached hydrogen (secondary N) is 2. The number of carboxylic acids is 1. The molecule has 1 aromatic rings. The molecule has 8 heteroatoms. The van der Waals surface area contributed by atoms with Crippen LogP contribution in [-0.4, -0.2) is 47.7 Å². The summed E-state index contributed by atoms with van der Waals surface area (Å²) in [6, 6.07) is 3.57. The molecule has 144 valence electrons. The summed E-state index contributed by atoms with van der Waals surface area (Å²) in [6.45, 7) is 2.93. The van der Waals surface area contributed by atoms with E-state index >= 15 is 0 Å². The lowest BCUT2D eigenvalue weighted by Gasteiger charge is -2.42. The number of likely N-dealkylation sites (tertiary alicyclic amines) is 1. The molecule has 0 bridgehead atoms. The van der Waals surface area contributed by atoms with Crippen LogP contribution in [0.3, 0.4) is 0 Å². The van der Waals surface area contributed by atoms with Gasteiger partial charge in [-0.3, -0.25) is 9.69 Å². The predicted octanol–water partition coefficient (Wildman–Crippen LogP) is 2.92. The SMILES string of the molecule is O=C(O)CNc1cc(C(F)(F)F)ccc1CN1CCCC12CCNCC2. The van der Waals surface area contributed by atoms with E-state index in [0.717, 1.165) is 57.5 Å². The topological polar surface area (TPSA) is 64.6 Å². The van der Waals surface area contributed by atoms with Crippen LogP contribution in [-0.2, 0) is 17.5 Å². The molecule has 0 aliphatic carbocycles. The number of anilines is 1. The third-order valence-corrected chi connectivity index (χ3v) is 5.50. The number of piperidine rings is 1. The van der Waals surface area contributed by atoms with E-state index in [1.54, 1.807) is 0 Å². The zero-order valence-electron chi connectivity index (χ0n) is 14.5. The summed E-state index contributed by atoms with van der Waals surface area (Å²) in [5.74, 6) is -1.11. The van der Waals surface area contributed by atoms with E-state index in [-0.39, 0.29) is 11.2 Å². The fourth-order valence-corrected chi connectivity index (χ4v) is 4.13. The molecule has 0 atom stereocenters. The minimum absolute atomic E-state index is 0.109. The molecule has 0 aromatic heterocycles. The first-order valence-corrected chi connectivity index (χ1v) is 8.92. The molecule has 2 saturated heterocycles. The van der Waals surface area contributed by atoms with E-state index in [2.05, 4.69) is 15.5 Å². The van der Waals surface area contributed by atoms with Crippen molar-refractivity contribution in [3.05, 3.63) is 29.3 Å². The van der Waals surface area contributed by atoms with Gasteiger partial charge in [0.1, 0.15) is 6.54 Å². The highest BCUT2D eigenvalue weighted by atomic mass is 19.4. The van der Waals surface area contributed by atoms with E-state index in [0.29, 0.717) is 12.1 Å². The van der Waals surface area contributed by atoms with Gasteiger partial charge >= 0.3 is 12.1 Å². The monoisotopic (exact) mass is 371 g/mol.